The molecule has 1 saturated heterocycles. The van der Waals surface area contributed by atoms with E-state index in [9.17, 15) is 0 Å². The first-order valence-corrected chi connectivity index (χ1v) is 8.83. The van der Waals surface area contributed by atoms with E-state index in [2.05, 4.69) is 30.6 Å². The molecule has 0 radical (unpaired) electrons. The summed E-state index contributed by atoms with van der Waals surface area (Å²) in [5.74, 6) is 1.55. The van der Waals surface area contributed by atoms with Crippen molar-refractivity contribution in [2.75, 3.05) is 32.7 Å². The highest BCUT2D eigenvalue weighted by Crippen LogP contribution is 2.32. The summed E-state index contributed by atoms with van der Waals surface area (Å²) >= 11 is 0. The van der Waals surface area contributed by atoms with E-state index in [0.717, 1.165) is 30.5 Å². The maximum Gasteiger partial charge on any atom is 0.0138 e. The molecule has 118 valence electrons. The summed E-state index contributed by atoms with van der Waals surface area (Å²) in [4.78, 5) is 5.46. The van der Waals surface area contributed by atoms with Crippen LogP contribution in [0.1, 0.15) is 52.9 Å². The molecule has 0 spiro atoms. The lowest BCUT2D eigenvalue weighted by Crippen LogP contribution is -2.51. The van der Waals surface area contributed by atoms with Crippen LogP contribution in [0.4, 0.5) is 0 Å². The predicted molar refractivity (Wildman–Crippen MR) is 86.9 cm³/mol. The molecule has 2 atom stereocenters. The number of nitrogens with two attached hydrogens (primary N) is 1. The number of likely N-dealkylation sites (tertiary alicyclic amines) is 1. The Bertz CT molecular complexity index is 271. The van der Waals surface area contributed by atoms with Crippen LogP contribution in [0.15, 0.2) is 0 Å². The fourth-order valence-corrected chi connectivity index (χ4v) is 4.44. The Morgan fingerprint density at radius 2 is 1.85 bits per heavy atom. The minimum absolute atomic E-state index is 0.753. The zero-order valence-corrected chi connectivity index (χ0v) is 13.9. The average molecular weight is 281 g/mol. The molecule has 0 aromatic heterocycles. The predicted octanol–water partition coefficient (Wildman–Crippen LogP) is 2.56. The van der Waals surface area contributed by atoms with E-state index >= 15 is 0 Å². The average Bonchev–Trinajstić information content (AvgIpc) is 2.89. The first-order chi connectivity index (χ1) is 9.65. The molecule has 0 aromatic rings. The molecule has 2 N–H and O–H groups in total. The van der Waals surface area contributed by atoms with Crippen molar-refractivity contribution in [3.05, 3.63) is 0 Å². The van der Waals surface area contributed by atoms with Gasteiger partial charge in [-0.25, -0.2) is 0 Å². The summed E-state index contributed by atoms with van der Waals surface area (Å²) in [5.41, 5.74) is 5.99. The molecule has 2 unspecified atom stereocenters. The van der Waals surface area contributed by atoms with Crippen LogP contribution in [0.2, 0.25) is 0 Å². The maximum absolute atomic E-state index is 5.99. The molecule has 1 heterocycles. The Morgan fingerprint density at radius 3 is 2.40 bits per heavy atom. The molecule has 3 heteroatoms. The molecule has 2 rings (SSSR count). The highest BCUT2D eigenvalue weighted by Gasteiger charge is 2.35. The van der Waals surface area contributed by atoms with Gasteiger partial charge in [-0.05, 0) is 63.7 Å². The zero-order chi connectivity index (χ0) is 14.5. The van der Waals surface area contributed by atoms with Gasteiger partial charge in [0.1, 0.15) is 0 Å². The van der Waals surface area contributed by atoms with Crippen LogP contribution in [-0.4, -0.2) is 54.6 Å². The minimum Gasteiger partial charge on any atom is -0.330 e. The molecule has 0 bridgehead atoms. The van der Waals surface area contributed by atoms with Crippen LogP contribution in [0.3, 0.4) is 0 Å². The number of rotatable bonds is 6. The van der Waals surface area contributed by atoms with E-state index in [-0.39, 0.29) is 0 Å². The normalized spacial score (nSPS) is 29.7. The minimum atomic E-state index is 0.753. The summed E-state index contributed by atoms with van der Waals surface area (Å²) < 4.78 is 0. The monoisotopic (exact) mass is 281 g/mol. The van der Waals surface area contributed by atoms with Crippen LogP contribution < -0.4 is 5.73 Å². The smallest absolute Gasteiger partial charge is 0.0138 e. The van der Waals surface area contributed by atoms with Gasteiger partial charge in [-0.3, -0.25) is 4.90 Å². The Morgan fingerprint density at radius 1 is 1.15 bits per heavy atom. The second kappa shape index (κ2) is 7.77. The van der Waals surface area contributed by atoms with Gasteiger partial charge < -0.3 is 10.6 Å². The summed E-state index contributed by atoms with van der Waals surface area (Å²) in [6.45, 7) is 12.9. The Kier molecular flexibility index (Phi) is 6.31. The van der Waals surface area contributed by atoms with E-state index in [0.29, 0.717) is 0 Å². The molecule has 1 aliphatic heterocycles. The molecule has 1 saturated carbocycles. The molecular formula is C17H35N3. The highest BCUT2D eigenvalue weighted by atomic mass is 15.2. The number of piperidine rings is 1. The lowest BCUT2D eigenvalue weighted by molar-refractivity contribution is 0.0602. The third kappa shape index (κ3) is 3.96. The van der Waals surface area contributed by atoms with Crippen molar-refractivity contribution in [3.8, 4) is 0 Å². The fraction of sp³-hybridized carbons (Fsp3) is 1.00. The number of hydrogen-bond donors (Lipinski definition) is 1. The van der Waals surface area contributed by atoms with Crippen molar-refractivity contribution in [3.63, 3.8) is 0 Å². The molecule has 0 aromatic carbocycles. The molecule has 20 heavy (non-hydrogen) atoms. The van der Waals surface area contributed by atoms with Gasteiger partial charge in [-0.15, -0.1) is 0 Å². The van der Waals surface area contributed by atoms with Crippen molar-refractivity contribution in [2.45, 2.75) is 65.0 Å². The van der Waals surface area contributed by atoms with Crippen molar-refractivity contribution < 1.29 is 0 Å². The molecule has 2 aliphatic rings. The van der Waals surface area contributed by atoms with Crippen LogP contribution in [0.5, 0.6) is 0 Å². The number of nitrogens with zero attached hydrogens (tertiary/aromatic N) is 2. The summed E-state index contributed by atoms with van der Waals surface area (Å²) in [6.07, 6.45) is 6.82. The summed E-state index contributed by atoms with van der Waals surface area (Å²) in [6, 6.07) is 1.58. The Balaban J connectivity index is 1.87. The van der Waals surface area contributed by atoms with Crippen molar-refractivity contribution in [1.82, 2.24) is 9.80 Å². The second-order valence-electron chi connectivity index (χ2n) is 7.25. The number of hydrogen-bond acceptors (Lipinski definition) is 3. The molecule has 1 aliphatic carbocycles. The SMILES string of the molecule is CCN(C1CCN(CC(C)C)CC1)C1CCCC1CN. The van der Waals surface area contributed by atoms with E-state index in [1.54, 1.807) is 0 Å². The summed E-state index contributed by atoms with van der Waals surface area (Å²) in [5, 5.41) is 0. The van der Waals surface area contributed by atoms with Gasteiger partial charge in [0.15, 0.2) is 0 Å². The zero-order valence-electron chi connectivity index (χ0n) is 13.9. The van der Waals surface area contributed by atoms with Crippen LogP contribution in [0, 0.1) is 11.8 Å². The van der Waals surface area contributed by atoms with Crippen molar-refractivity contribution in [1.29, 1.82) is 0 Å². The standard InChI is InChI=1S/C17H35N3/c1-4-20(17-7-5-6-15(17)12-18)16-8-10-19(11-9-16)13-14(2)3/h14-17H,4-13,18H2,1-3H3. The topological polar surface area (TPSA) is 32.5 Å². The Hall–Kier alpha value is -0.120. The third-order valence-electron chi connectivity index (χ3n) is 5.36. The van der Waals surface area contributed by atoms with E-state index in [1.165, 1.54) is 58.3 Å². The van der Waals surface area contributed by atoms with E-state index < -0.39 is 0 Å². The molecule has 2 fully saturated rings. The largest absolute Gasteiger partial charge is 0.330 e. The first-order valence-electron chi connectivity index (χ1n) is 8.83. The van der Waals surface area contributed by atoms with Gasteiger partial charge in [-0.2, -0.15) is 0 Å². The van der Waals surface area contributed by atoms with E-state index in [4.69, 9.17) is 5.73 Å². The van der Waals surface area contributed by atoms with Crippen LogP contribution in [-0.2, 0) is 0 Å². The Labute approximate surface area is 125 Å². The van der Waals surface area contributed by atoms with E-state index in [1.807, 2.05) is 0 Å². The summed E-state index contributed by atoms with van der Waals surface area (Å²) in [7, 11) is 0. The third-order valence-corrected chi connectivity index (χ3v) is 5.36. The van der Waals surface area contributed by atoms with Crippen LogP contribution in [0.25, 0.3) is 0 Å². The van der Waals surface area contributed by atoms with Crippen molar-refractivity contribution >= 4 is 0 Å². The van der Waals surface area contributed by atoms with Gasteiger partial charge in [0.25, 0.3) is 0 Å². The molecule has 0 amide bonds. The van der Waals surface area contributed by atoms with Gasteiger partial charge in [0, 0.05) is 18.6 Å². The van der Waals surface area contributed by atoms with Crippen molar-refractivity contribution in [2.24, 2.45) is 17.6 Å². The lowest BCUT2D eigenvalue weighted by atomic mass is 9.96. The fourth-order valence-electron chi connectivity index (χ4n) is 4.44. The van der Waals surface area contributed by atoms with Gasteiger partial charge in [-0.1, -0.05) is 27.2 Å². The highest BCUT2D eigenvalue weighted by molar-refractivity contribution is 4.90. The van der Waals surface area contributed by atoms with Gasteiger partial charge >= 0.3 is 0 Å². The van der Waals surface area contributed by atoms with Gasteiger partial charge in [0.05, 0.1) is 0 Å². The molecule has 3 nitrogen and oxygen atoms in total. The first kappa shape index (κ1) is 16.3. The lowest BCUT2D eigenvalue weighted by Gasteiger charge is -2.43. The van der Waals surface area contributed by atoms with Gasteiger partial charge in [0.2, 0.25) is 0 Å². The van der Waals surface area contributed by atoms with Crippen LogP contribution >= 0.6 is 0 Å². The maximum atomic E-state index is 5.99. The molecular weight excluding hydrogens is 246 g/mol. The quantitative estimate of drug-likeness (QED) is 0.812. The second-order valence-corrected chi connectivity index (χ2v) is 7.25.